The summed E-state index contributed by atoms with van der Waals surface area (Å²) >= 11 is 0. The molecule has 104 valence electrons. The van der Waals surface area contributed by atoms with Gasteiger partial charge in [0.1, 0.15) is 5.75 Å². The molecular weight excluding hydrogens is 238 g/mol. The van der Waals surface area contributed by atoms with Crippen molar-refractivity contribution >= 4 is 5.96 Å². The number of para-hydroxylation sites is 1. The van der Waals surface area contributed by atoms with Crippen LogP contribution in [0, 0.1) is 0 Å². The zero-order valence-corrected chi connectivity index (χ0v) is 12.3. The Kier molecular flexibility index (Phi) is 4.30. The van der Waals surface area contributed by atoms with Crippen molar-refractivity contribution in [1.29, 1.82) is 0 Å². The maximum Gasteiger partial charge on any atom is 0.195 e. The lowest BCUT2D eigenvalue weighted by Gasteiger charge is -2.27. The molecule has 0 radical (unpaired) electrons. The summed E-state index contributed by atoms with van der Waals surface area (Å²) < 4.78 is 5.69. The zero-order chi connectivity index (χ0) is 13.8. The van der Waals surface area contributed by atoms with Gasteiger partial charge in [-0.05, 0) is 18.1 Å². The van der Waals surface area contributed by atoms with E-state index < -0.39 is 0 Å². The molecule has 0 fully saturated rings. The Balaban J connectivity index is 2.14. The average molecular weight is 261 g/mol. The molecule has 1 aliphatic rings. The molecule has 2 rings (SSSR count). The SMILES string of the molecule is CN(C)C(=NC[C@@H]1CCOc2ccccc21)N(C)C. The molecular formula is C15H23N3O. The van der Waals surface area contributed by atoms with Crippen LogP contribution in [0.4, 0.5) is 0 Å². The summed E-state index contributed by atoms with van der Waals surface area (Å²) in [7, 11) is 8.10. The van der Waals surface area contributed by atoms with Crippen molar-refractivity contribution in [3.63, 3.8) is 0 Å². The molecule has 0 saturated carbocycles. The minimum atomic E-state index is 0.458. The average Bonchev–Trinajstić information content (AvgIpc) is 2.38. The van der Waals surface area contributed by atoms with E-state index in [4.69, 9.17) is 9.73 Å². The zero-order valence-electron chi connectivity index (χ0n) is 12.3. The largest absolute Gasteiger partial charge is 0.493 e. The smallest absolute Gasteiger partial charge is 0.195 e. The van der Waals surface area contributed by atoms with Crippen LogP contribution in [0.15, 0.2) is 29.3 Å². The van der Waals surface area contributed by atoms with Crippen molar-refractivity contribution in [3.8, 4) is 5.75 Å². The van der Waals surface area contributed by atoms with Crippen LogP contribution < -0.4 is 4.74 Å². The van der Waals surface area contributed by atoms with Crippen LogP contribution in [0.1, 0.15) is 17.9 Å². The first kappa shape index (κ1) is 13.7. The first-order chi connectivity index (χ1) is 9.09. The Morgan fingerprint density at radius 1 is 1.21 bits per heavy atom. The van der Waals surface area contributed by atoms with E-state index in [0.29, 0.717) is 5.92 Å². The van der Waals surface area contributed by atoms with Gasteiger partial charge in [-0.2, -0.15) is 0 Å². The van der Waals surface area contributed by atoms with E-state index in [1.807, 2.05) is 50.1 Å². The molecule has 0 saturated heterocycles. The Morgan fingerprint density at radius 3 is 2.58 bits per heavy atom. The predicted octanol–water partition coefficient (Wildman–Crippen LogP) is 2.03. The summed E-state index contributed by atoms with van der Waals surface area (Å²) in [4.78, 5) is 8.85. The fourth-order valence-corrected chi connectivity index (χ4v) is 2.48. The topological polar surface area (TPSA) is 28.1 Å². The summed E-state index contributed by atoms with van der Waals surface area (Å²) in [6.07, 6.45) is 1.04. The third-order valence-corrected chi connectivity index (χ3v) is 3.34. The van der Waals surface area contributed by atoms with Gasteiger partial charge in [-0.15, -0.1) is 0 Å². The third-order valence-electron chi connectivity index (χ3n) is 3.34. The Labute approximate surface area is 115 Å². The molecule has 0 aliphatic carbocycles. The molecule has 1 aromatic rings. The number of fused-ring (bicyclic) bond motifs is 1. The summed E-state index contributed by atoms with van der Waals surface area (Å²) in [5, 5.41) is 0. The van der Waals surface area contributed by atoms with Gasteiger partial charge in [-0.1, -0.05) is 18.2 Å². The van der Waals surface area contributed by atoms with E-state index in [2.05, 4.69) is 12.1 Å². The molecule has 1 heterocycles. The molecule has 1 aliphatic heterocycles. The minimum absolute atomic E-state index is 0.458. The van der Waals surface area contributed by atoms with Crippen LogP contribution in [-0.2, 0) is 0 Å². The summed E-state index contributed by atoms with van der Waals surface area (Å²) in [5.41, 5.74) is 1.29. The van der Waals surface area contributed by atoms with E-state index in [1.54, 1.807) is 0 Å². The van der Waals surface area contributed by atoms with Crippen LogP contribution in [-0.4, -0.2) is 57.1 Å². The van der Waals surface area contributed by atoms with Crippen molar-refractivity contribution in [2.24, 2.45) is 4.99 Å². The highest BCUT2D eigenvalue weighted by molar-refractivity contribution is 5.79. The highest BCUT2D eigenvalue weighted by atomic mass is 16.5. The molecule has 0 unspecified atom stereocenters. The highest BCUT2D eigenvalue weighted by Gasteiger charge is 2.21. The third kappa shape index (κ3) is 3.19. The first-order valence-corrected chi connectivity index (χ1v) is 6.70. The molecule has 4 heteroatoms. The quantitative estimate of drug-likeness (QED) is 0.602. The second-order valence-electron chi connectivity index (χ2n) is 5.30. The van der Waals surface area contributed by atoms with Gasteiger partial charge >= 0.3 is 0 Å². The van der Waals surface area contributed by atoms with Gasteiger partial charge in [0, 0.05) is 40.7 Å². The van der Waals surface area contributed by atoms with Crippen LogP contribution in [0.2, 0.25) is 0 Å². The number of hydrogen-bond acceptors (Lipinski definition) is 2. The Hall–Kier alpha value is -1.71. The monoisotopic (exact) mass is 261 g/mol. The minimum Gasteiger partial charge on any atom is -0.493 e. The number of guanidine groups is 1. The van der Waals surface area contributed by atoms with Crippen molar-refractivity contribution < 1.29 is 4.74 Å². The van der Waals surface area contributed by atoms with Gasteiger partial charge in [0.2, 0.25) is 0 Å². The van der Waals surface area contributed by atoms with Gasteiger partial charge in [-0.3, -0.25) is 4.99 Å². The molecule has 4 nitrogen and oxygen atoms in total. The summed E-state index contributed by atoms with van der Waals surface area (Å²) in [6, 6.07) is 8.29. The lowest BCUT2D eigenvalue weighted by atomic mass is 9.93. The van der Waals surface area contributed by atoms with E-state index in [9.17, 15) is 0 Å². The fourth-order valence-electron chi connectivity index (χ4n) is 2.48. The Morgan fingerprint density at radius 2 is 1.89 bits per heavy atom. The van der Waals surface area contributed by atoms with Crippen molar-refractivity contribution in [2.75, 3.05) is 41.3 Å². The summed E-state index contributed by atoms with van der Waals surface area (Å²) in [6.45, 7) is 1.60. The van der Waals surface area contributed by atoms with Crippen molar-refractivity contribution in [1.82, 2.24) is 9.80 Å². The number of rotatable bonds is 2. The molecule has 0 N–H and O–H groups in total. The van der Waals surface area contributed by atoms with Gasteiger partial charge in [0.05, 0.1) is 6.61 Å². The number of nitrogens with zero attached hydrogens (tertiary/aromatic N) is 3. The van der Waals surface area contributed by atoms with Crippen molar-refractivity contribution in [2.45, 2.75) is 12.3 Å². The van der Waals surface area contributed by atoms with Crippen LogP contribution >= 0.6 is 0 Å². The van der Waals surface area contributed by atoms with Crippen molar-refractivity contribution in [3.05, 3.63) is 29.8 Å². The second kappa shape index (κ2) is 5.95. The maximum absolute atomic E-state index is 5.69. The lowest BCUT2D eigenvalue weighted by molar-refractivity contribution is 0.268. The van der Waals surface area contributed by atoms with Crippen LogP contribution in [0.5, 0.6) is 5.75 Å². The number of aliphatic imine (C=N–C) groups is 1. The number of hydrogen-bond donors (Lipinski definition) is 0. The Bertz CT molecular complexity index is 444. The molecule has 0 amide bonds. The highest BCUT2D eigenvalue weighted by Crippen LogP contribution is 2.33. The number of benzene rings is 1. The van der Waals surface area contributed by atoms with Gasteiger partial charge in [0.25, 0.3) is 0 Å². The molecule has 0 spiro atoms. The number of ether oxygens (including phenoxy) is 1. The standard InChI is InChI=1S/C15H23N3O/c1-17(2)15(18(3)4)16-11-12-9-10-19-14-8-6-5-7-13(12)14/h5-8,12H,9-11H2,1-4H3/t12-/m0/s1. The van der Waals surface area contributed by atoms with Crippen LogP contribution in [0.3, 0.4) is 0 Å². The molecule has 0 bridgehead atoms. The molecule has 0 aromatic heterocycles. The van der Waals surface area contributed by atoms with E-state index in [-0.39, 0.29) is 0 Å². The van der Waals surface area contributed by atoms with E-state index in [0.717, 1.165) is 31.3 Å². The first-order valence-electron chi connectivity index (χ1n) is 6.70. The van der Waals surface area contributed by atoms with Gasteiger partial charge < -0.3 is 14.5 Å². The van der Waals surface area contributed by atoms with E-state index in [1.165, 1.54) is 5.56 Å². The lowest BCUT2D eigenvalue weighted by Crippen LogP contribution is -2.36. The van der Waals surface area contributed by atoms with Gasteiger partial charge in [0.15, 0.2) is 5.96 Å². The fraction of sp³-hybridized carbons (Fsp3) is 0.533. The van der Waals surface area contributed by atoms with Gasteiger partial charge in [-0.25, -0.2) is 0 Å². The van der Waals surface area contributed by atoms with Crippen LogP contribution in [0.25, 0.3) is 0 Å². The molecule has 1 atom stereocenters. The maximum atomic E-state index is 5.69. The second-order valence-corrected chi connectivity index (χ2v) is 5.30. The van der Waals surface area contributed by atoms with E-state index >= 15 is 0 Å². The molecule has 19 heavy (non-hydrogen) atoms. The normalized spacial score (nSPS) is 17.2. The predicted molar refractivity (Wildman–Crippen MR) is 79.0 cm³/mol. The molecule has 1 aromatic carbocycles. The summed E-state index contributed by atoms with van der Waals surface area (Å²) in [5.74, 6) is 2.48.